The molecular weight excluding hydrogens is 481 g/mol. The minimum atomic E-state index is -4.93. The van der Waals surface area contributed by atoms with Crippen molar-refractivity contribution in [3.05, 3.63) is 58.7 Å². The Morgan fingerprint density at radius 2 is 1.94 bits per heavy atom. The highest BCUT2D eigenvalue weighted by Crippen LogP contribution is 2.55. The van der Waals surface area contributed by atoms with E-state index in [1.54, 1.807) is 0 Å². The number of hydrogen-bond acceptors (Lipinski definition) is 5. The molecule has 13 heteroatoms. The summed E-state index contributed by atoms with van der Waals surface area (Å²) in [5, 5.41) is 9.42. The zero-order valence-corrected chi connectivity index (χ0v) is 18.8. The standard InChI is InChI=1S/C22H22F5N3O5/c1-4-34-17-12(5-6-13(23)16(17)24)15-10(2)21(3,22(25,26)27)35-18(15)20(32)29-11-7-8-30(33)14(9-11)19(28)31/h5-10,15,18,33H,4H2,1-3H3,(H2,28,31)/t10-,15+,18-,21+/m1/s1. The van der Waals surface area contributed by atoms with Crippen molar-refractivity contribution in [2.24, 2.45) is 16.6 Å². The number of alkyl halides is 3. The Kier molecular flexibility index (Phi) is 6.93. The summed E-state index contributed by atoms with van der Waals surface area (Å²) in [6, 6.07) is 3.81. The zero-order valence-electron chi connectivity index (χ0n) is 18.8. The largest absolute Gasteiger partial charge is 0.490 e. The van der Waals surface area contributed by atoms with Crippen LogP contribution < -0.4 is 15.8 Å². The van der Waals surface area contributed by atoms with Crippen LogP contribution in [0, 0.1) is 17.6 Å². The van der Waals surface area contributed by atoms with E-state index in [1.165, 1.54) is 13.8 Å². The van der Waals surface area contributed by atoms with E-state index in [4.69, 9.17) is 15.2 Å². The normalized spacial score (nSPS) is 25.0. The fourth-order valence-electron chi connectivity index (χ4n) is 4.04. The highest BCUT2D eigenvalue weighted by Gasteiger charge is 2.65. The Balaban J connectivity index is 2.19. The van der Waals surface area contributed by atoms with Crippen LogP contribution in [-0.4, -0.2) is 46.2 Å². The maximum absolute atomic E-state index is 14.5. The van der Waals surface area contributed by atoms with Crippen molar-refractivity contribution in [3.63, 3.8) is 0 Å². The molecule has 0 radical (unpaired) electrons. The van der Waals surface area contributed by atoms with Gasteiger partial charge in [-0.2, -0.15) is 22.3 Å². The van der Waals surface area contributed by atoms with E-state index in [-0.39, 0.29) is 17.5 Å². The first-order valence-electron chi connectivity index (χ1n) is 10.4. The molecule has 1 aromatic heterocycles. The van der Waals surface area contributed by atoms with Crippen molar-refractivity contribution >= 4 is 11.8 Å². The van der Waals surface area contributed by atoms with E-state index >= 15 is 0 Å². The summed E-state index contributed by atoms with van der Waals surface area (Å²) in [6.07, 6.45) is -5.86. The molecule has 0 bridgehead atoms. The number of carbonyl (C=O) groups is 2. The monoisotopic (exact) mass is 503 g/mol. The lowest BCUT2D eigenvalue weighted by Crippen LogP contribution is -2.47. The van der Waals surface area contributed by atoms with E-state index in [0.717, 1.165) is 37.4 Å². The molecule has 0 spiro atoms. The first-order chi connectivity index (χ1) is 16.2. The predicted octanol–water partition coefficient (Wildman–Crippen LogP) is 3.07. The lowest BCUT2D eigenvalue weighted by molar-refractivity contribution is -0.272. The molecule has 3 rings (SSSR count). The van der Waals surface area contributed by atoms with Gasteiger partial charge in [0.25, 0.3) is 11.8 Å². The predicted molar refractivity (Wildman–Crippen MR) is 109 cm³/mol. The number of hydrogen-bond donors (Lipinski definition) is 2. The van der Waals surface area contributed by atoms with Gasteiger partial charge in [-0.05, 0) is 32.0 Å². The smallest absolute Gasteiger partial charge is 0.417 e. The first kappa shape index (κ1) is 26.1. The van der Waals surface area contributed by atoms with Crippen molar-refractivity contribution in [3.8, 4) is 5.75 Å². The Hall–Kier alpha value is -3.48. The second kappa shape index (κ2) is 9.29. The van der Waals surface area contributed by atoms with Gasteiger partial charge in [-0.25, -0.2) is 9.38 Å². The summed E-state index contributed by atoms with van der Waals surface area (Å²) in [6.45, 7) is 3.26. The minimum Gasteiger partial charge on any atom is -0.490 e. The number of aromatic nitrogens is 1. The van der Waals surface area contributed by atoms with Crippen molar-refractivity contribution < 1.29 is 46.2 Å². The van der Waals surface area contributed by atoms with Gasteiger partial charge in [0.15, 0.2) is 17.2 Å². The molecule has 1 aliphatic rings. The maximum Gasteiger partial charge on any atom is 0.417 e. The van der Waals surface area contributed by atoms with Crippen LogP contribution in [0.5, 0.6) is 5.75 Å². The van der Waals surface area contributed by atoms with Gasteiger partial charge >= 0.3 is 6.18 Å². The number of rotatable bonds is 5. The SMILES string of the molecule is CCOc1c([C@@H]2[C@@H](C)[C@@](C)(C(F)(F)F)O[C@H]2C(=O)N=c2ccn(O)c(C(N)=O)c2)ccc(F)c1F. The van der Waals surface area contributed by atoms with Crippen molar-refractivity contribution in [1.29, 1.82) is 0 Å². The number of ether oxygens (including phenoxy) is 2. The van der Waals surface area contributed by atoms with Crippen LogP contribution in [0.15, 0.2) is 35.5 Å². The Bertz CT molecular complexity index is 1230. The van der Waals surface area contributed by atoms with E-state index < -0.39 is 64.6 Å². The number of benzene rings is 1. The van der Waals surface area contributed by atoms with Crippen LogP contribution in [0.25, 0.3) is 0 Å². The number of nitrogens with two attached hydrogens (primary N) is 1. The van der Waals surface area contributed by atoms with Crippen LogP contribution >= 0.6 is 0 Å². The molecule has 35 heavy (non-hydrogen) atoms. The summed E-state index contributed by atoms with van der Waals surface area (Å²) in [4.78, 5) is 28.3. The Morgan fingerprint density at radius 1 is 1.29 bits per heavy atom. The third-order valence-corrected chi connectivity index (χ3v) is 6.05. The molecule has 2 aromatic rings. The fourth-order valence-corrected chi connectivity index (χ4v) is 4.04. The topological polar surface area (TPSA) is 116 Å². The number of halogens is 5. The second-order valence-electron chi connectivity index (χ2n) is 8.10. The van der Waals surface area contributed by atoms with Crippen LogP contribution in [0.2, 0.25) is 0 Å². The molecule has 1 saturated heterocycles. The van der Waals surface area contributed by atoms with Crippen LogP contribution in [0.4, 0.5) is 22.0 Å². The summed E-state index contributed by atoms with van der Waals surface area (Å²) in [5.41, 5.74) is 1.65. The molecule has 1 aliphatic heterocycles. The fraction of sp³-hybridized carbons (Fsp3) is 0.409. The van der Waals surface area contributed by atoms with E-state index in [1.807, 2.05) is 0 Å². The van der Waals surface area contributed by atoms with Gasteiger partial charge in [0.2, 0.25) is 5.82 Å². The van der Waals surface area contributed by atoms with E-state index in [0.29, 0.717) is 4.73 Å². The number of nitrogens with zero attached hydrogens (tertiary/aromatic N) is 2. The second-order valence-corrected chi connectivity index (χ2v) is 8.10. The van der Waals surface area contributed by atoms with Gasteiger partial charge < -0.3 is 20.4 Å². The number of pyridine rings is 1. The number of primary amides is 1. The lowest BCUT2D eigenvalue weighted by Gasteiger charge is -2.32. The average molecular weight is 503 g/mol. The third-order valence-electron chi connectivity index (χ3n) is 6.05. The quantitative estimate of drug-likeness (QED) is 0.481. The van der Waals surface area contributed by atoms with Gasteiger partial charge in [-0.15, -0.1) is 0 Å². The van der Waals surface area contributed by atoms with E-state index in [9.17, 15) is 36.7 Å². The molecule has 4 atom stereocenters. The highest BCUT2D eigenvalue weighted by atomic mass is 19.4. The molecule has 0 aliphatic carbocycles. The van der Waals surface area contributed by atoms with Gasteiger partial charge in [0, 0.05) is 23.6 Å². The molecule has 0 unspecified atom stereocenters. The Labute approximate surface area is 195 Å². The van der Waals surface area contributed by atoms with Gasteiger partial charge in [0.05, 0.1) is 12.0 Å². The molecule has 1 aromatic carbocycles. The van der Waals surface area contributed by atoms with Crippen LogP contribution in [-0.2, 0) is 9.53 Å². The van der Waals surface area contributed by atoms with Gasteiger partial charge in [-0.3, -0.25) is 9.59 Å². The van der Waals surface area contributed by atoms with E-state index in [2.05, 4.69) is 4.99 Å². The van der Waals surface area contributed by atoms with Crippen molar-refractivity contribution in [2.45, 2.75) is 44.6 Å². The summed E-state index contributed by atoms with van der Waals surface area (Å²) >= 11 is 0. The number of carbonyl (C=O) groups excluding carboxylic acids is 2. The molecule has 1 fully saturated rings. The zero-order chi connectivity index (χ0) is 26.3. The van der Waals surface area contributed by atoms with Crippen molar-refractivity contribution in [2.75, 3.05) is 6.61 Å². The van der Waals surface area contributed by atoms with Gasteiger partial charge in [0.1, 0.15) is 11.8 Å². The molecule has 0 saturated carbocycles. The average Bonchev–Trinajstić information content (AvgIpc) is 3.05. The molecule has 190 valence electrons. The van der Waals surface area contributed by atoms with Crippen LogP contribution in [0.1, 0.15) is 42.7 Å². The highest BCUT2D eigenvalue weighted by molar-refractivity contribution is 5.91. The molecule has 2 heterocycles. The molecule has 8 nitrogen and oxygen atoms in total. The maximum atomic E-state index is 14.5. The summed E-state index contributed by atoms with van der Waals surface area (Å²) in [5.74, 6) is -8.46. The summed E-state index contributed by atoms with van der Waals surface area (Å²) < 4.78 is 81.3. The van der Waals surface area contributed by atoms with Crippen molar-refractivity contribution in [1.82, 2.24) is 4.73 Å². The van der Waals surface area contributed by atoms with Crippen LogP contribution in [0.3, 0.4) is 0 Å². The molecular formula is C22H22F5N3O5. The summed E-state index contributed by atoms with van der Waals surface area (Å²) in [7, 11) is 0. The van der Waals surface area contributed by atoms with Gasteiger partial charge in [-0.1, -0.05) is 13.0 Å². The molecule has 3 N–H and O–H groups in total. The third kappa shape index (κ3) is 4.59. The lowest BCUT2D eigenvalue weighted by atomic mass is 9.77. The Morgan fingerprint density at radius 3 is 2.51 bits per heavy atom. The first-order valence-corrected chi connectivity index (χ1v) is 10.4. The number of amides is 2. The molecule has 2 amide bonds. The minimum absolute atomic E-state index is 0.129.